The molecule has 0 aliphatic heterocycles. The standard InChI is InChI=1S/C22H21F2N7O2S/c1-13-10-27-19(12-26-13)14(2)15(3)34(32,33)30-22-29-28-21(16-6-5-9-25-11-16)31(22)20-17(23)7-4-8-18(20)24/h4-12,14-15H,1-3H3,(H,29,30)/t14-,15-/m0/s1. The Labute approximate surface area is 195 Å². The van der Waals surface area contributed by atoms with Crippen LogP contribution in [-0.4, -0.2) is 43.4 Å². The average Bonchev–Trinajstić information content (AvgIpc) is 3.21. The van der Waals surface area contributed by atoms with Crippen molar-refractivity contribution in [1.82, 2.24) is 29.7 Å². The summed E-state index contributed by atoms with van der Waals surface area (Å²) in [5, 5.41) is 6.90. The number of aryl methyl sites for hydroxylation is 1. The van der Waals surface area contributed by atoms with Gasteiger partial charge in [0.25, 0.3) is 0 Å². The SMILES string of the molecule is Cc1cnc([C@@H](C)[C@H](C)S(=O)(=O)Nc2nnc(-c3cccnc3)n2-c2c(F)cccc2F)cn1. The second-order valence-electron chi connectivity index (χ2n) is 7.72. The molecule has 0 saturated heterocycles. The second kappa shape index (κ2) is 9.21. The molecule has 0 saturated carbocycles. The first-order valence-corrected chi connectivity index (χ1v) is 11.8. The van der Waals surface area contributed by atoms with Crippen LogP contribution in [-0.2, 0) is 10.0 Å². The van der Waals surface area contributed by atoms with Crippen molar-refractivity contribution in [3.63, 3.8) is 0 Å². The number of aromatic nitrogens is 6. The van der Waals surface area contributed by atoms with Gasteiger partial charge in [-0.05, 0) is 38.1 Å². The molecule has 0 aliphatic rings. The first-order chi connectivity index (χ1) is 16.2. The first-order valence-electron chi connectivity index (χ1n) is 10.3. The minimum absolute atomic E-state index is 0.0138. The lowest BCUT2D eigenvalue weighted by Crippen LogP contribution is -2.31. The maximum Gasteiger partial charge on any atom is 0.243 e. The summed E-state index contributed by atoms with van der Waals surface area (Å²) in [5.41, 5.74) is 1.06. The van der Waals surface area contributed by atoms with Crippen LogP contribution in [0.5, 0.6) is 0 Å². The van der Waals surface area contributed by atoms with Crippen molar-refractivity contribution >= 4 is 16.0 Å². The monoisotopic (exact) mass is 485 g/mol. The van der Waals surface area contributed by atoms with Gasteiger partial charge in [0.15, 0.2) is 5.82 Å². The molecule has 4 aromatic rings. The van der Waals surface area contributed by atoms with Gasteiger partial charge in [-0.15, -0.1) is 10.2 Å². The summed E-state index contributed by atoms with van der Waals surface area (Å²) >= 11 is 0. The van der Waals surface area contributed by atoms with Crippen LogP contribution in [0.3, 0.4) is 0 Å². The number of nitrogens with one attached hydrogen (secondary N) is 1. The Morgan fingerprint density at radius 2 is 1.71 bits per heavy atom. The predicted molar refractivity (Wildman–Crippen MR) is 122 cm³/mol. The molecule has 1 N–H and O–H groups in total. The molecule has 34 heavy (non-hydrogen) atoms. The summed E-state index contributed by atoms with van der Waals surface area (Å²) in [7, 11) is -4.10. The third kappa shape index (κ3) is 4.49. The summed E-state index contributed by atoms with van der Waals surface area (Å²) in [6, 6.07) is 6.56. The van der Waals surface area contributed by atoms with Gasteiger partial charge < -0.3 is 0 Å². The number of nitrogens with zero attached hydrogens (tertiary/aromatic N) is 6. The Morgan fingerprint density at radius 1 is 0.971 bits per heavy atom. The molecule has 2 atom stereocenters. The number of rotatable bonds is 7. The van der Waals surface area contributed by atoms with E-state index in [1.165, 1.54) is 31.6 Å². The maximum atomic E-state index is 14.7. The van der Waals surface area contributed by atoms with E-state index in [1.807, 2.05) is 0 Å². The van der Waals surface area contributed by atoms with Gasteiger partial charge in [-0.25, -0.2) is 17.2 Å². The molecule has 0 radical (unpaired) electrons. The third-order valence-corrected chi connectivity index (χ3v) is 7.29. The maximum absolute atomic E-state index is 14.7. The molecule has 0 fully saturated rings. The lowest BCUT2D eigenvalue weighted by Gasteiger charge is -2.21. The number of halogens is 2. The van der Waals surface area contributed by atoms with E-state index in [2.05, 4.69) is 29.9 Å². The van der Waals surface area contributed by atoms with Crippen LogP contribution < -0.4 is 4.72 Å². The molecule has 0 amide bonds. The van der Waals surface area contributed by atoms with E-state index in [9.17, 15) is 17.2 Å². The van der Waals surface area contributed by atoms with Gasteiger partial charge in [0, 0.05) is 36.3 Å². The topological polar surface area (TPSA) is 116 Å². The van der Waals surface area contributed by atoms with E-state index < -0.39 is 38.5 Å². The summed E-state index contributed by atoms with van der Waals surface area (Å²) < 4.78 is 59.3. The van der Waals surface area contributed by atoms with Gasteiger partial charge in [-0.2, -0.15) is 0 Å². The van der Waals surface area contributed by atoms with Gasteiger partial charge in [0.1, 0.15) is 17.3 Å². The van der Waals surface area contributed by atoms with Crippen molar-refractivity contribution in [2.45, 2.75) is 31.9 Å². The van der Waals surface area contributed by atoms with E-state index in [4.69, 9.17) is 0 Å². The highest BCUT2D eigenvalue weighted by atomic mass is 32.2. The van der Waals surface area contributed by atoms with E-state index in [-0.39, 0.29) is 11.8 Å². The van der Waals surface area contributed by atoms with Crippen LogP contribution >= 0.6 is 0 Å². The van der Waals surface area contributed by atoms with Crippen LogP contribution in [0.15, 0.2) is 55.1 Å². The van der Waals surface area contributed by atoms with Crippen LogP contribution in [0.1, 0.15) is 31.2 Å². The minimum Gasteiger partial charge on any atom is -0.264 e. The van der Waals surface area contributed by atoms with Crippen molar-refractivity contribution < 1.29 is 17.2 Å². The van der Waals surface area contributed by atoms with Crippen LogP contribution in [0.2, 0.25) is 0 Å². The molecule has 176 valence electrons. The third-order valence-electron chi connectivity index (χ3n) is 5.44. The molecule has 1 aromatic carbocycles. The number of para-hydroxylation sites is 1. The van der Waals surface area contributed by atoms with Gasteiger partial charge in [-0.1, -0.05) is 13.0 Å². The lowest BCUT2D eigenvalue weighted by atomic mass is 10.1. The molecular weight excluding hydrogens is 464 g/mol. The Bertz CT molecular complexity index is 1390. The van der Waals surface area contributed by atoms with Crippen LogP contribution in [0.25, 0.3) is 17.1 Å². The molecule has 3 heterocycles. The molecule has 12 heteroatoms. The average molecular weight is 486 g/mol. The summed E-state index contributed by atoms with van der Waals surface area (Å²) in [6.45, 7) is 4.98. The number of sulfonamides is 1. The molecule has 0 spiro atoms. The Hall–Kier alpha value is -3.80. The zero-order valence-corrected chi connectivity index (χ0v) is 19.3. The Morgan fingerprint density at radius 3 is 2.32 bits per heavy atom. The Kier molecular flexibility index (Phi) is 6.33. The first kappa shape index (κ1) is 23.4. The van der Waals surface area contributed by atoms with Crippen LogP contribution in [0, 0.1) is 18.6 Å². The highest BCUT2D eigenvalue weighted by Gasteiger charge is 2.31. The van der Waals surface area contributed by atoms with E-state index in [1.54, 1.807) is 32.2 Å². The zero-order valence-electron chi connectivity index (χ0n) is 18.5. The normalized spacial score (nSPS) is 13.4. The molecule has 3 aromatic heterocycles. The van der Waals surface area contributed by atoms with Crippen molar-refractivity contribution in [3.05, 3.63) is 78.1 Å². The fraction of sp³-hybridized carbons (Fsp3) is 0.227. The van der Waals surface area contributed by atoms with E-state index in [0.717, 1.165) is 16.7 Å². The van der Waals surface area contributed by atoms with E-state index in [0.29, 0.717) is 17.0 Å². The van der Waals surface area contributed by atoms with E-state index >= 15 is 0 Å². The Balaban J connectivity index is 1.77. The number of anilines is 1. The largest absolute Gasteiger partial charge is 0.264 e. The quantitative estimate of drug-likeness (QED) is 0.425. The van der Waals surface area contributed by atoms with Gasteiger partial charge in [0.2, 0.25) is 16.0 Å². The van der Waals surface area contributed by atoms with Crippen molar-refractivity contribution in [2.75, 3.05) is 4.72 Å². The molecule has 0 bridgehead atoms. The van der Waals surface area contributed by atoms with Gasteiger partial charge in [0.05, 0.1) is 16.6 Å². The number of pyridine rings is 1. The number of hydrogen-bond donors (Lipinski definition) is 1. The minimum atomic E-state index is -4.10. The summed E-state index contributed by atoms with van der Waals surface area (Å²) in [6.07, 6.45) is 6.02. The highest BCUT2D eigenvalue weighted by molar-refractivity contribution is 7.93. The smallest absolute Gasteiger partial charge is 0.243 e. The second-order valence-corrected chi connectivity index (χ2v) is 9.76. The summed E-state index contributed by atoms with van der Waals surface area (Å²) in [5.74, 6) is -2.72. The number of hydrogen-bond acceptors (Lipinski definition) is 7. The predicted octanol–water partition coefficient (Wildman–Crippen LogP) is 3.64. The zero-order chi connectivity index (χ0) is 24.5. The molecule has 4 rings (SSSR count). The summed E-state index contributed by atoms with van der Waals surface area (Å²) in [4.78, 5) is 12.4. The molecular formula is C22H21F2N7O2S. The fourth-order valence-electron chi connectivity index (χ4n) is 3.31. The van der Waals surface area contributed by atoms with Crippen molar-refractivity contribution in [2.24, 2.45) is 0 Å². The molecule has 0 unspecified atom stereocenters. The molecule has 9 nitrogen and oxygen atoms in total. The van der Waals surface area contributed by atoms with Gasteiger partial charge >= 0.3 is 0 Å². The number of benzene rings is 1. The highest BCUT2D eigenvalue weighted by Crippen LogP contribution is 2.30. The lowest BCUT2D eigenvalue weighted by molar-refractivity contribution is 0.566. The van der Waals surface area contributed by atoms with Gasteiger partial charge in [-0.3, -0.25) is 24.2 Å². The van der Waals surface area contributed by atoms with Crippen molar-refractivity contribution in [1.29, 1.82) is 0 Å². The van der Waals surface area contributed by atoms with Crippen LogP contribution in [0.4, 0.5) is 14.7 Å². The van der Waals surface area contributed by atoms with Crippen molar-refractivity contribution in [3.8, 4) is 17.1 Å². The molecule has 0 aliphatic carbocycles. The fourth-order valence-corrected chi connectivity index (χ4v) is 4.56.